The van der Waals surface area contributed by atoms with Gasteiger partial charge in [-0.05, 0) is 44.2 Å². The lowest BCUT2D eigenvalue weighted by molar-refractivity contribution is -0.137. The molecule has 9 nitrogen and oxygen atoms in total. The standard InChI is InChI=1S/C32H32F3N6O3P/c1-20-9-11-23(18-41(20)31(42)44-19-21-7-3-2-4-8-21)39-30-38-17-26(32(33,34)35)27(40-30)25-16-37-28-24(25)12-10-22(15-36)29(28)45(43)13-5-6-14-45/h2-4,7-8,10,12,16-17,20,23,37H,5-6,9,11,13-14,18-19H2,1H3,(H,38,39,40)/t20-,23-/m0/s1. The lowest BCUT2D eigenvalue weighted by Gasteiger charge is -2.37. The monoisotopic (exact) mass is 636 g/mol. The third-order valence-electron chi connectivity index (χ3n) is 8.65. The Morgan fingerprint density at radius 2 is 1.93 bits per heavy atom. The van der Waals surface area contributed by atoms with Gasteiger partial charge in [0.05, 0.1) is 28.1 Å². The number of ether oxygens (including phenoxy) is 1. The van der Waals surface area contributed by atoms with E-state index in [9.17, 15) is 27.8 Å². The molecular formula is C32H32F3N6O3P. The zero-order valence-corrected chi connectivity index (χ0v) is 25.5. The number of nitrogens with one attached hydrogen (secondary N) is 2. The first-order valence-corrected chi connectivity index (χ1v) is 17.0. The number of anilines is 1. The van der Waals surface area contributed by atoms with Crippen molar-refractivity contribution >= 4 is 35.4 Å². The number of halogens is 3. The zero-order chi connectivity index (χ0) is 31.8. The summed E-state index contributed by atoms with van der Waals surface area (Å²) in [6.07, 6.45) is 0.716. The predicted octanol–water partition coefficient (Wildman–Crippen LogP) is 6.90. The van der Waals surface area contributed by atoms with Crippen molar-refractivity contribution in [1.82, 2.24) is 19.9 Å². The van der Waals surface area contributed by atoms with E-state index in [2.05, 4.69) is 26.3 Å². The van der Waals surface area contributed by atoms with Crippen LogP contribution in [0.1, 0.15) is 49.3 Å². The van der Waals surface area contributed by atoms with E-state index in [1.807, 2.05) is 37.3 Å². The molecule has 4 heterocycles. The highest BCUT2D eigenvalue weighted by Crippen LogP contribution is 2.53. The second-order valence-electron chi connectivity index (χ2n) is 11.7. The molecule has 0 aliphatic carbocycles. The number of fused-ring (bicyclic) bond motifs is 1. The van der Waals surface area contributed by atoms with Crippen LogP contribution in [0.3, 0.4) is 0 Å². The molecule has 2 aliphatic rings. The van der Waals surface area contributed by atoms with Gasteiger partial charge in [-0.15, -0.1) is 0 Å². The van der Waals surface area contributed by atoms with E-state index in [0.717, 1.165) is 24.6 Å². The molecule has 45 heavy (non-hydrogen) atoms. The van der Waals surface area contributed by atoms with Gasteiger partial charge in [-0.3, -0.25) is 0 Å². The number of aromatic amines is 1. The van der Waals surface area contributed by atoms with Crippen molar-refractivity contribution in [3.8, 4) is 17.3 Å². The molecule has 4 aromatic rings. The maximum absolute atomic E-state index is 14.3. The van der Waals surface area contributed by atoms with E-state index in [1.165, 1.54) is 12.3 Å². The molecular weight excluding hydrogens is 604 g/mol. The molecule has 234 valence electrons. The van der Waals surface area contributed by atoms with Gasteiger partial charge in [0.15, 0.2) is 0 Å². The molecule has 2 N–H and O–H groups in total. The number of piperidine rings is 1. The summed E-state index contributed by atoms with van der Waals surface area (Å²) in [4.78, 5) is 25.9. The van der Waals surface area contributed by atoms with Crippen molar-refractivity contribution in [3.05, 3.63) is 71.5 Å². The van der Waals surface area contributed by atoms with E-state index in [-0.39, 0.29) is 48.0 Å². The van der Waals surface area contributed by atoms with Crippen molar-refractivity contribution in [3.63, 3.8) is 0 Å². The molecule has 0 spiro atoms. The molecule has 2 atom stereocenters. The fourth-order valence-corrected chi connectivity index (χ4v) is 9.59. The molecule has 0 bridgehead atoms. The number of nitrogens with zero attached hydrogens (tertiary/aromatic N) is 4. The third kappa shape index (κ3) is 6.14. The Morgan fingerprint density at radius 3 is 2.64 bits per heavy atom. The number of alkyl halides is 3. The lowest BCUT2D eigenvalue weighted by atomic mass is 10.00. The SMILES string of the molecule is C[C@H]1CC[C@H](Nc2ncc(C(F)(F)F)c(-c3c[nH]c4c(P5(=O)CCCC5)c(C#N)ccc34)n2)CN1C(=O)OCc1ccccc1. The van der Waals surface area contributed by atoms with Gasteiger partial charge in [-0.2, -0.15) is 18.4 Å². The molecule has 1 amide bonds. The number of carbonyl (C=O) groups is 1. The van der Waals surface area contributed by atoms with Gasteiger partial charge < -0.3 is 24.5 Å². The van der Waals surface area contributed by atoms with E-state index >= 15 is 0 Å². The second kappa shape index (κ2) is 12.2. The van der Waals surface area contributed by atoms with Crippen LogP contribution < -0.4 is 10.6 Å². The van der Waals surface area contributed by atoms with E-state index in [1.54, 1.807) is 11.0 Å². The molecule has 2 aromatic carbocycles. The predicted molar refractivity (Wildman–Crippen MR) is 165 cm³/mol. The van der Waals surface area contributed by atoms with Crippen LogP contribution in [0, 0.1) is 11.3 Å². The number of amides is 1. The molecule has 2 aliphatic heterocycles. The Hall–Kier alpha value is -4.36. The number of benzene rings is 2. The Bertz CT molecular complexity index is 1810. The summed E-state index contributed by atoms with van der Waals surface area (Å²) >= 11 is 0. The zero-order valence-electron chi connectivity index (χ0n) is 24.6. The smallest absolute Gasteiger partial charge is 0.419 e. The number of carbonyl (C=O) groups excluding carboxylic acids is 1. The maximum atomic E-state index is 14.3. The fourth-order valence-electron chi connectivity index (χ4n) is 6.29. The topological polar surface area (TPSA) is 124 Å². The summed E-state index contributed by atoms with van der Waals surface area (Å²) in [6, 6.07) is 14.1. The highest BCUT2D eigenvalue weighted by atomic mass is 31.2. The number of hydrogen-bond acceptors (Lipinski definition) is 7. The first-order chi connectivity index (χ1) is 21.6. The van der Waals surface area contributed by atoms with Gasteiger partial charge in [0.1, 0.15) is 19.3 Å². The van der Waals surface area contributed by atoms with E-state index in [4.69, 9.17) is 4.74 Å². The van der Waals surface area contributed by atoms with Crippen molar-refractivity contribution in [2.75, 3.05) is 24.2 Å². The van der Waals surface area contributed by atoms with Gasteiger partial charge in [0.2, 0.25) is 5.95 Å². The Morgan fingerprint density at radius 1 is 1.18 bits per heavy atom. The average molecular weight is 637 g/mol. The summed E-state index contributed by atoms with van der Waals surface area (Å²) in [5, 5.41) is 13.7. The summed E-state index contributed by atoms with van der Waals surface area (Å²) in [7, 11) is -2.88. The Labute approximate surface area is 258 Å². The Kier molecular flexibility index (Phi) is 8.31. The van der Waals surface area contributed by atoms with Crippen molar-refractivity contribution in [2.24, 2.45) is 0 Å². The minimum atomic E-state index is -4.75. The fraction of sp³-hybridized carbons (Fsp3) is 0.375. The average Bonchev–Trinajstić information content (AvgIpc) is 3.67. The first kappa shape index (κ1) is 30.7. The van der Waals surface area contributed by atoms with Gasteiger partial charge in [-0.25, -0.2) is 14.8 Å². The molecule has 0 saturated carbocycles. The number of likely N-dealkylation sites (tertiary alicyclic amines) is 1. The van der Waals surface area contributed by atoms with Crippen LogP contribution in [0.4, 0.5) is 23.9 Å². The molecule has 2 saturated heterocycles. The summed E-state index contributed by atoms with van der Waals surface area (Å²) in [5.41, 5.74) is 0.343. The molecule has 6 rings (SSSR count). The molecule has 2 fully saturated rings. The molecule has 0 radical (unpaired) electrons. The van der Waals surface area contributed by atoms with E-state index < -0.39 is 25.0 Å². The van der Waals surface area contributed by atoms with Gasteiger partial charge in [0.25, 0.3) is 0 Å². The van der Waals surface area contributed by atoms with Gasteiger partial charge in [-0.1, -0.05) is 36.4 Å². The van der Waals surface area contributed by atoms with Crippen LogP contribution in [0.2, 0.25) is 0 Å². The van der Waals surface area contributed by atoms with Gasteiger partial charge >= 0.3 is 12.3 Å². The summed E-state index contributed by atoms with van der Waals surface area (Å²) < 4.78 is 62.1. The number of aromatic nitrogens is 3. The minimum Gasteiger partial charge on any atom is -0.445 e. The van der Waals surface area contributed by atoms with Crippen LogP contribution in [0.5, 0.6) is 0 Å². The quantitative estimate of drug-likeness (QED) is 0.221. The van der Waals surface area contributed by atoms with Crippen molar-refractivity contribution in [1.29, 1.82) is 5.26 Å². The maximum Gasteiger partial charge on any atom is 0.419 e. The van der Waals surface area contributed by atoms with Crippen LogP contribution >= 0.6 is 7.14 Å². The highest BCUT2D eigenvalue weighted by Gasteiger charge is 2.38. The second-order valence-corrected chi connectivity index (χ2v) is 14.8. The van der Waals surface area contributed by atoms with Crippen LogP contribution in [-0.2, 0) is 22.1 Å². The molecule has 2 aromatic heterocycles. The Balaban J connectivity index is 1.29. The normalized spacial score (nSPS) is 19.8. The third-order valence-corrected chi connectivity index (χ3v) is 12.0. The highest BCUT2D eigenvalue weighted by molar-refractivity contribution is 7.72. The van der Waals surface area contributed by atoms with Crippen LogP contribution in [-0.4, -0.2) is 56.9 Å². The van der Waals surface area contributed by atoms with Crippen LogP contribution in [0.15, 0.2) is 54.9 Å². The number of nitriles is 1. The summed E-state index contributed by atoms with van der Waals surface area (Å²) in [5.74, 6) is -0.0121. The number of H-pyrrole nitrogens is 1. The molecule has 0 unspecified atom stereocenters. The summed E-state index contributed by atoms with van der Waals surface area (Å²) in [6.45, 7) is 2.32. The number of rotatable bonds is 6. The van der Waals surface area contributed by atoms with Gasteiger partial charge in [0, 0.05) is 54.3 Å². The lowest BCUT2D eigenvalue weighted by Crippen LogP contribution is -2.50. The molecule has 13 heteroatoms. The largest absolute Gasteiger partial charge is 0.445 e. The van der Waals surface area contributed by atoms with Crippen LogP contribution in [0.25, 0.3) is 22.2 Å². The van der Waals surface area contributed by atoms with E-state index in [0.29, 0.717) is 41.4 Å². The first-order valence-electron chi connectivity index (χ1n) is 14.9. The number of hydrogen-bond donors (Lipinski definition) is 2. The van der Waals surface area contributed by atoms with Crippen molar-refractivity contribution in [2.45, 2.75) is 57.5 Å². The van der Waals surface area contributed by atoms with Crippen molar-refractivity contribution < 1.29 is 27.3 Å². The minimum absolute atomic E-state index is 0.0121.